The Labute approximate surface area is 97.9 Å². The van der Waals surface area contributed by atoms with Gasteiger partial charge in [-0.1, -0.05) is 6.92 Å². The Kier molecular flexibility index (Phi) is 3.27. The summed E-state index contributed by atoms with van der Waals surface area (Å²) in [5.41, 5.74) is 0.400. The lowest BCUT2D eigenvalue weighted by atomic mass is 10.3. The molecule has 0 amide bonds. The Balaban J connectivity index is 2.09. The lowest BCUT2D eigenvalue weighted by Gasteiger charge is -2.06. The van der Waals surface area contributed by atoms with E-state index in [0.717, 1.165) is 0 Å². The first-order valence-corrected chi connectivity index (χ1v) is 5.28. The maximum atomic E-state index is 13.7. The van der Waals surface area contributed by atoms with E-state index in [1.165, 1.54) is 6.33 Å². The highest BCUT2D eigenvalue weighted by Crippen LogP contribution is 2.13. The minimum Gasteiger partial charge on any atom is -0.360 e. The fourth-order valence-corrected chi connectivity index (χ4v) is 1.40. The summed E-state index contributed by atoms with van der Waals surface area (Å²) in [6.45, 7) is 2.17. The van der Waals surface area contributed by atoms with E-state index in [1.807, 2.05) is 6.92 Å². The van der Waals surface area contributed by atoms with Gasteiger partial charge in [0.25, 0.3) is 0 Å². The molecule has 0 aromatic carbocycles. The Morgan fingerprint density at radius 2 is 2.18 bits per heavy atom. The molecule has 0 saturated heterocycles. The average molecular weight is 236 g/mol. The van der Waals surface area contributed by atoms with Crippen molar-refractivity contribution in [3.05, 3.63) is 30.0 Å². The van der Waals surface area contributed by atoms with Crippen molar-refractivity contribution in [2.24, 2.45) is 7.05 Å². The third-order valence-corrected chi connectivity index (χ3v) is 2.26. The van der Waals surface area contributed by atoms with Crippen molar-refractivity contribution in [1.29, 1.82) is 0 Å². The van der Waals surface area contributed by atoms with E-state index in [1.54, 1.807) is 18.1 Å². The fourth-order valence-electron chi connectivity index (χ4n) is 1.40. The summed E-state index contributed by atoms with van der Waals surface area (Å²) in [6, 6.07) is 0. The zero-order chi connectivity index (χ0) is 12.3. The lowest BCUT2D eigenvalue weighted by Crippen LogP contribution is -2.08. The predicted octanol–water partition coefficient (Wildman–Crippen LogP) is 0.919. The Morgan fingerprint density at radius 3 is 2.82 bits per heavy atom. The highest BCUT2D eigenvalue weighted by Gasteiger charge is 2.09. The molecule has 2 heterocycles. The van der Waals surface area contributed by atoms with Crippen LogP contribution in [0.2, 0.25) is 0 Å². The number of nitrogens with zero attached hydrogens (tertiary/aromatic N) is 5. The fraction of sp³-hybridized carbons (Fsp3) is 0.400. The molecule has 90 valence electrons. The van der Waals surface area contributed by atoms with Crippen molar-refractivity contribution in [3.63, 3.8) is 0 Å². The van der Waals surface area contributed by atoms with Gasteiger partial charge in [-0.3, -0.25) is 4.68 Å². The van der Waals surface area contributed by atoms with Gasteiger partial charge in [-0.2, -0.15) is 5.10 Å². The maximum absolute atomic E-state index is 13.7. The van der Waals surface area contributed by atoms with Crippen LogP contribution in [0, 0.1) is 5.82 Å². The molecule has 0 bridgehead atoms. The monoisotopic (exact) mass is 236 g/mol. The van der Waals surface area contributed by atoms with Crippen LogP contribution in [0.1, 0.15) is 18.4 Å². The summed E-state index contributed by atoms with van der Waals surface area (Å²) in [5.74, 6) is 0.360. The smallest absolute Gasteiger partial charge is 0.186 e. The van der Waals surface area contributed by atoms with Gasteiger partial charge in [-0.25, -0.2) is 19.3 Å². The van der Waals surface area contributed by atoms with Crippen molar-refractivity contribution in [2.45, 2.75) is 19.9 Å². The van der Waals surface area contributed by atoms with Crippen LogP contribution >= 0.6 is 0 Å². The van der Waals surface area contributed by atoms with Gasteiger partial charge in [0.1, 0.15) is 12.7 Å². The predicted molar refractivity (Wildman–Crippen MR) is 59.7 cm³/mol. The minimum atomic E-state index is -0.411. The molecule has 0 aliphatic heterocycles. The molecule has 6 nitrogen and oxygen atoms in total. The quantitative estimate of drug-likeness (QED) is 0.854. The standard InChI is InChI=1S/C10H13FN6/c1-3-7-9(11)10(14-5-13-7)12-4-8-15-6-17(2)16-8/h5-6H,3-4H2,1-2H3,(H,12,13,14). The van der Waals surface area contributed by atoms with Gasteiger partial charge in [0.15, 0.2) is 17.5 Å². The van der Waals surface area contributed by atoms with E-state index in [2.05, 4.69) is 25.4 Å². The topological polar surface area (TPSA) is 68.5 Å². The van der Waals surface area contributed by atoms with Gasteiger partial charge in [0.05, 0.1) is 12.2 Å². The second-order valence-corrected chi connectivity index (χ2v) is 3.52. The molecule has 0 aliphatic carbocycles. The normalized spacial score (nSPS) is 10.5. The van der Waals surface area contributed by atoms with Crippen molar-refractivity contribution in [3.8, 4) is 0 Å². The molecule has 0 radical (unpaired) electrons. The summed E-state index contributed by atoms with van der Waals surface area (Å²) >= 11 is 0. The molecule has 2 rings (SSSR count). The number of rotatable bonds is 4. The molecule has 0 fully saturated rings. The Morgan fingerprint density at radius 1 is 1.35 bits per heavy atom. The van der Waals surface area contributed by atoms with Gasteiger partial charge in [0.2, 0.25) is 0 Å². The number of anilines is 1. The average Bonchev–Trinajstić information content (AvgIpc) is 2.74. The molecule has 2 aromatic rings. The molecule has 17 heavy (non-hydrogen) atoms. The van der Waals surface area contributed by atoms with Gasteiger partial charge in [-0.15, -0.1) is 0 Å². The second-order valence-electron chi connectivity index (χ2n) is 3.52. The zero-order valence-electron chi connectivity index (χ0n) is 9.68. The molecule has 0 unspecified atom stereocenters. The van der Waals surface area contributed by atoms with Crippen LogP contribution in [-0.4, -0.2) is 24.7 Å². The molecule has 1 N–H and O–H groups in total. The van der Waals surface area contributed by atoms with Crippen LogP contribution in [0.4, 0.5) is 10.2 Å². The number of halogens is 1. The number of aromatic nitrogens is 5. The third-order valence-electron chi connectivity index (χ3n) is 2.26. The van der Waals surface area contributed by atoms with Crippen LogP contribution in [0.15, 0.2) is 12.7 Å². The molecule has 0 saturated carbocycles. The molecular formula is C10H13FN6. The van der Waals surface area contributed by atoms with Crippen LogP contribution in [0.3, 0.4) is 0 Å². The molecular weight excluding hydrogens is 223 g/mol. The van der Waals surface area contributed by atoms with E-state index < -0.39 is 5.82 Å². The van der Waals surface area contributed by atoms with Gasteiger partial charge < -0.3 is 5.32 Å². The number of aryl methyl sites for hydroxylation is 2. The summed E-state index contributed by atoms with van der Waals surface area (Å²) < 4.78 is 15.3. The highest BCUT2D eigenvalue weighted by molar-refractivity contribution is 5.37. The SMILES string of the molecule is CCc1ncnc(NCc2ncn(C)n2)c1F. The largest absolute Gasteiger partial charge is 0.360 e. The highest BCUT2D eigenvalue weighted by atomic mass is 19.1. The number of hydrogen-bond acceptors (Lipinski definition) is 5. The van der Waals surface area contributed by atoms with E-state index >= 15 is 0 Å². The van der Waals surface area contributed by atoms with Crippen LogP contribution in [0.25, 0.3) is 0 Å². The van der Waals surface area contributed by atoms with Crippen LogP contribution in [-0.2, 0) is 20.0 Å². The van der Waals surface area contributed by atoms with Crippen LogP contribution < -0.4 is 5.32 Å². The first-order chi connectivity index (χ1) is 8.20. The second kappa shape index (κ2) is 4.86. The number of hydrogen-bond donors (Lipinski definition) is 1. The van der Waals surface area contributed by atoms with Crippen molar-refractivity contribution in [2.75, 3.05) is 5.32 Å². The van der Waals surface area contributed by atoms with Gasteiger partial charge in [0, 0.05) is 7.05 Å². The summed E-state index contributed by atoms with van der Waals surface area (Å²) in [7, 11) is 1.77. The minimum absolute atomic E-state index is 0.185. The molecule has 0 atom stereocenters. The Bertz CT molecular complexity index is 509. The van der Waals surface area contributed by atoms with Crippen molar-refractivity contribution >= 4 is 5.82 Å². The van der Waals surface area contributed by atoms with Crippen LogP contribution in [0.5, 0.6) is 0 Å². The third kappa shape index (κ3) is 2.55. The molecule has 7 heteroatoms. The van der Waals surface area contributed by atoms with Gasteiger partial charge in [-0.05, 0) is 6.42 Å². The number of nitrogens with one attached hydrogen (secondary N) is 1. The molecule has 0 aliphatic rings. The van der Waals surface area contributed by atoms with E-state index in [4.69, 9.17) is 0 Å². The summed E-state index contributed by atoms with van der Waals surface area (Å²) in [6.07, 6.45) is 3.46. The summed E-state index contributed by atoms with van der Waals surface area (Å²) in [5, 5.41) is 6.93. The van der Waals surface area contributed by atoms with Crippen molar-refractivity contribution < 1.29 is 4.39 Å². The van der Waals surface area contributed by atoms with Crippen molar-refractivity contribution in [1.82, 2.24) is 24.7 Å². The lowest BCUT2D eigenvalue weighted by molar-refractivity contribution is 0.596. The first-order valence-electron chi connectivity index (χ1n) is 5.28. The summed E-state index contributed by atoms with van der Waals surface area (Å²) in [4.78, 5) is 11.7. The molecule has 0 spiro atoms. The Hall–Kier alpha value is -2.05. The van der Waals surface area contributed by atoms with E-state index in [0.29, 0.717) is 24.5 Å². The molecule has 2 aromatic heterocycles. The zero-order valence-corrected chi connectivity index (χ0v) is 9.68. The maximum Gasteiger partial charge on any atom is 0.186 e. The van der Waals surface area contributed by atoms with Gasteiger partial charge >= 0.3 is 0 Å². The van der Waals surface area contributed by atoms with E-state index in [-0.39, 0.29) is 5.82 Å². The first kappa shape index (κ1) is 11.4. The van der Waals surface area contributed by atoms with E-state index in [9.17, 15) is 4.39 Å².